The van der Waals surface area contributed by atoms with Crippen LogP contribution < -0.4 is 4.74 Å². The highest BCUT2D eigenvalue weighted by Crippen LogP contribution is 2.41. The van der Waals surface area contributed by atoms with Crippen molar-refractivity contribution in [3.8, 4) is 5.75 Å². The van der Waals surface area contributed by atoms with Crippen LogP contribution in [0.15, 0.2) is 48.0 Å². The highest BCUT2D eigenvalue weighted by Gasteiger charge is 2.47. The van der Waals surface area contributed by atoms with E-state index in [9.17, 15) is 19.1 Å². The number of rotatable bonds is 5. The van der Waals surface area contributed by atoms with Crippen LogP contribution in [-0.2, 0) is 14.3 Å². The zero-order valence-corrected chi connectivity index (χ0v) is 17.4. The molecule has 1 N–H and O–H groups in total. The third kappa shape index (κ3) is 3.93. The van der Waals surface area contributed by atoms with Crippen LogP contribution in [0.5, 0.6) is 5.75 Å². The first-order valence-corrected chi connectivity index (χ1v) is 10.2. The molecule has 2 atom stereocenters. The van der Waals surface area contributed by atoms with E-state index in [1.165, 1.54) is 36.3 Å². The topological polar surface area (TPSA) is 76.1 Å². The summed E-state index contributed by atoms with van der Waals surface area (Å²) in [5.74, 6) is -1.86. The number of ketones is 1. The van der Waals surface area contributed by atoms with Gasteiger partial charge in [0, 0.05) is 13.2 Å². The van der Waals surface area contributed by atoms with Crippen molar-refractivity contribution in [3.05, 3.63) is 70.5 Å². The number of aliphatic hydroxyl groups excluding tert-OH is 1. The molecule has 0 bridgehead atoms. The predicted molar refractivity (Wildman–Crippen MR) is 112 cm³/mol. The van der Waals surface area contributed by atoms with E-state index < -0.39 is 23.5 Å². The van der Waals surface area contributed by atoms with E-state index in [2.05, 4.69) is 0 Å². The molecular formula is C24H24FNO5. The Morgan fingerprint density at radius 1 is 1.23 bits per heavy atom. The van der Waals surface area contributed by atoms with Crippen LogP contribution >= 0.6 is 0 Å². The standard InChI is InChI=1S/C24H24FNO5/c1-14-5-10-19(30-2)18(12-14)22(27)20-21(15-6-8-16(25)9-7-15)26(24(29)23(20)28)13-17-4-3-11-31-17/h5-10,12,17,21,27H,3-4,11,13H2,1-2H3/b22-20+. The quantitative estimate of drug-likeness (QED) is 0.449. The van der Waals surface area contributed by atoms with Crippen molar-refractivity contribution in [2.75, 3.05) is 20.3 Å². The number of likely N-dealkylation sites (tertiary alicyclic amines) is 1. The van der Waals surface area contributed by atoms with E-state index in [4.69, 9.17) is 9.47 Å². The minimum Gasteiger partial charge on any atom is -0.507 e. The second kappa shape index (κ2) is 8.51. The maximum Gasteiger partial charge on any atom is 0.295 e. The smallest absolute Gasteiger partial charge is 0.295 e. The van der Waals surface area contributed by atoms with Gasteiger partial charge in [0.1, 0.15) is 17.3 Å². The second-order valence-electron chi connectivity index (χ2n) is 7.84. The van der Waals surface area contributed by atoms with E-state index in [1.54, 1.807) is 12.1 Å². The average molecular weight is 425 g/mol. The summed E-state index contributed by atoms with van der Waals surface area (Å²) in [6, 6.07) is 9.95. The molecule has 31 heavy (non-hydrogen) atoms. The van der Waals surface area contributed by atoms with Crippen molar-refractivity contribution in [2.45, 2.75) is 31.9 Å². The number of nitrogens with zero attached hydrogens (tertiary/aromatic N) is 1. The number of carbonyl (C=O) groups is 2. The Labute approximate surface area is 179 Å². The number of methoxy groups -OCH3 is 1. The van der Waals surface area contributed by atoms with Gasteiger partial charge >= 0.3 is 0 Å². The second-order valence-corrected chi connectivity index (χ2v) is 7.84. The fourth-order valence-electron chi connectivity index (χ4n) is 4.22. The van der Waals surface area contributed by atoms with E-state index in [1.807, 2.05) is 13.0 Å². The zero-order chi connectivity index (χ0) is 22.1. The molecule has 0 aliphatic carbocycles. The van der Waals surface area contributed by atoms with E-state index >= 15 is 0 Å². The van der Waals surface area contributed by atoms with E-state index in [0.717, 1.165) is 18.4 Å². The van der Waals surface area contributed by atoms with Crippen molar-refractivity contribution in [3.63, 3.8) is 0 Å². The van der Waals surface area contributed by atoms with Crippen molar-refractivity contribution < 1.29 is 28.6 Å². The van der Waals surface area contributed by atoms with Gasteiger partial charge in [-0.05, 0) is 49.6 Å². The fourth-order valence-corrected chi connectivity index (χ4v) is 4.22. The minimum absolute atomic E-state index is 0.0431. The molecule has 6 nitrogen and oxygen atoms in total. The van der Waals surface area contributed by atoms with Crippen LogP contribution in [0.1, 0.15) is 35.6 Å². The maximum absolute atomic E-state index is 13.6. The summed E-state index contributed by atoms with van der Waals surface area (Å²) >= 11 is 0. The Morgan fingerprint density at radius 3 is 2.61 bits per heavy atom. The lowest BCUT2D eigenvalue weighted by atomic mass is 9.94. The molecule has 2 aromatic rings. The van der Waals surface area contributed by atoms with Crippen LogP contribution in [0.3, 0.4) is 0 Å². The molecule has 0 spiro atoms. The van der Waals surface area contributed by atoms with Gasteiger partial charge < -0.3 is 19.5 Å². The first kappa shape index (κ1) is 21.1. The van der Waals surface area contributed by atoms with Gasteiger partial charge in [-0.2, -0.15) is 0 Å². The van der Waals surface area contributed by atoms with Crippen LogP contribution in [0.2, 0.25) is 0 Å². The van der Waals surface area contributed by atoms with Crippen LogP contribution in [0.4, 0.5) is 4.39 Å². The Hall–Kier alpha value is -3.19. The van der Waals surface area contributed by atoms with Gasteiger partial charge in [-0.25, -0.2) is 4.39 Å². The number of hydrogen-bond donors (Lipinski definition) is 1. The Morgan fingerprint density at radius 2 is 1.97 bits per heavy atom. The molecule has 162 valence electrons. The Balaban J connectivity index is 1.87. The number of benzene rings is 2. The first-order valence-electron chi connectivity index (χ1n) is 10.2. The summed E-state index contributed by atoms with van der Waals surface area (Å²) in [6.07, 6.45) is 1.48. The average Bonchev–Trinajstić information content (AvgIpc) is 3.36. The number of Topliss-reactive ketones (excluding diaryl/α,β-unsaturated/α-hetero) is 1. The van der Waals surface area contributed by atoms with Gasteiger partial charge in [0.15, 0.2) is 0 Å². The molecule has 0 radical (unpaired) electrons. The summed E-state index contributed by atoms with van der Waals surface area (Å²) in [6.45, 7) is 2.67. The largest absolute Gasteiger partial charge is 0.507 e. The molecule has 0 saturated carbocycles. The molecule has 2 saturated heterocycles. The number of carbonyl (C=O) groups excluding carboxylic acids is 2. The highest BCUT2D eigenvalue weighted by atomic mass is 19.1. The zero-order valence-electron chi connectivity index (χ0n) is 17.4. The van der Waals surface area contributed by atoms with Crippen LogP contribution in [-0.4, -0.2) is 48.1 Å². The fraction of sp³-hybridized carbons (Fsp3) is 0.333. The van der Waals surface area contributed by atoms with Crippen LogP contribution in [0.25, 0.3) is 5.76 Å². The molecule has 1 amide bonds. The van der Waals surface area contributed by atoms with E-state index in [0.29, 0.717) is 23.5 Å². The summed E-state index contributed by atoms with van der Waals surface area (Å²) in [4.78, 5) is 27.5. The number of halogens is 1. The normalized spacial score (nSPS) is 22.9. The van der Waals surface area contributed by atoms with Crippen LogP contribution in [0, 0.1) is 12.7 Å². The monoisotopic (exact) mass is 425 g/mol. The summed E-state index contributed by atoms with van der Waals surface area (Å²) in [7, 11) is 1.47. The predicted octanol–water partition coefficient (Wildman–Crippen LogP) is 3.74. The van der Waals surface area contributed by atoms with Crippen molar-refractivity contribution in [2.24, 2.45) is 0 Å². The van der Waals surface area contributed by atoms with Gasteiger partial charge in [0.05, 0.1) is 30.4 Å². The van der Waals surface area contributed by atoms with Gasteiger partial charge in [0.2, 0.25) is 0 Å². The summed E-state index contributed by atoms with van der Waals surface area (Å²) in [5.41, 5.74) is 1.67. The molecule has 4 rings (SSSR count). The number of aliphatic hydroxyl groups is 1. The molecule has 2 aromatic carbocycles. The number of aryl methyl sites for hydroxylation is 1. The first-order chi connectivity index (χ1) is 14.9. The molecule has 7 heteroatoms. The molecule has 2 aliphatic heterocycles. The molecule has 2 aliphatic rings. The van der Waals surface area contributed by atoms with Gasteiger partial charge in [-0.1, -0.05) is 23.8 Å². The SMILES string of the molecule is COc1ccc(C)cc1/C(O)=C1\C(=O)C(=O)N(CC2CCCO2)C1c1ccc(F)cc1. The third-order valence-corrected chi connectivity index (χ3v) is 5.76. The van der Waals surface area contributed by atoms with Gasteiger partial charge in [-0.3, -0.25) is 9.59 Å². The molecule has 2 unspecified atom stereocenters. The third-order valence-electron chi connectivity index (χ3n) is 5.76. The van der Waals surface area contributed by atoms with E-state index in [-0.39, 0.29) is 24.0 Å². The number of ether oxygens (including phenoxy) is 2. The van der Waals surface area contributed by atoms with Crippen molar-refractivity contribution in [1.29, 1.82) is 0 Å². The number of hydrogen-bond acceptors (Lipinski definition) is 5. The lowest BCUT2D eigenvalue weighted by Gasteiger charge is -2.27. The highest BCUT2D eigenvalue weighted by molar-refractivity contribution is 6.46. The van der Waals surface area contributed by atoms with Gasteiger partial charge in [-0.15, -0.1) is 0 Å². The Kier molecular flexibility index (Phi) is 5.78. The Bertz CT molecular complexity index is 1040. The molecule has 2 heterocycles. The lowest BCUT2D eigenvalue weighted by molar-refractivity contribution is -0.140. The number of amides is 1. The summed E-state index contributed by atoms with van der Waals surface area (Å²) < 4.78 is 24.6. The van der Waals surface area contributed by atoms with Gasteiger partial charge in [0.25, 0.3) is 11.7 Å². The molecule has 2 fully saturated rings. The van der Waals surface area contributed by atoms with Crippen molar-refractivity contribution >= 4 is 17.4 Å². The maximum atomic E-state index is 13.6. The molecular weight excluding hydrogens is 401 g/mol. The minimum atomic E-state index is -0.852. The summed E-state index contributed by atoms with van der Waals surface area (Å²) in [5, 5.41) is 11.2. The molecule has 0 aromatic heterocycles. The lowest BCUT2D eigenvalue weighted by Crippen LogP contribution is -2.36. The van der Waals surface area contributed by atoms with Crippen molar-refractivity contribution in [1.82, 2.24) is 4.90 Å².